The molecule has 1 aliphatic heterocycles. The number of aromatic nitrogens is 1. The molecule has 0 spiro atoms. The van der Waals surface area contributed by atoms with E-state index in [9.17, 15) is 13.9 Å². The lowest BCUT2D eigenvalue weighted by molar-refractivity contribution is 0.100. The quantitative estimate of drug-likeness (QED) is 0.408. The molecule has 3 aromatic rings. The van der Waals surface area contributed by atoms with Gasteiger partial charge in [-0.1, -0.05) is 13.8 Å². The Morgan fingerprint density at radius 2 is 1.97 bits per heavy atom. The topological polar surface area (TPSA) is 99.3 Å². The molecule has 7 heteroatoms. The molecule has 1 amide bonds. The van der Waals surface area contributed by atoms with Crippen molar-refractivity contribution in [1.29, 1.82) is 0 Å². The summed E-state index contributed by atoms with van der Waals surface area (Å²) in [4.78, 5) is 16.7. The lowest BCUT2D eigenvalue weighted by Crippen LogP contribution is -2.19. The summed E-state index contributed by atoms with van der Waals surface area (Å²) in [6, 6.07) is 6.23. The second-order valence-corrected chi connectivity index (χ2v) is 11.9. The molecule has 5 nitrogen and oxygen atoms in total. The number of H-pyrrole nitrogens is 1. The fourth-order valence-corrected chi connectivity index (χ4v) is 6.85. The van der Waals surface area contributed by atoms with Crippen molar-refractivity contribution < 1.29 is 13.9 Å². The maximum absolute atomic E-state index is 12.2. The Bertz CT molecular complexity index is 1040. The summed E-state index contributed by atoms with van der Waals surface area (Å²) < 4.78 is 19.9. The molecule has 0 atom stereocenters. The van der Waals surface area contributed by atoms with E-state index in [0.29, 0.717) is 23.0 Å². The first-order chi connectivity index (χ1) is 13.7. The molecule has 3 heterocycles. The van der Waals surface area contributed by atoms with Crippen LogP contribution < -0.4 is 5.73 Å². The third-order valence-electron chi connectivity index (χ3n) is 5.71. The summed E-state index contributed by atoms with van der Waals surface area (Å²) in [5.41, 5.74) is 10.2. The predicted molar refractivity (Wildman–Crippen MR) is 123 cm³/mol. The average Bonchev–Trinajstić information content (AvgIpc) is 3.27. The highest BCUT2D eigenvalue weighted by Crippen LogP contribution is 2.49. The number of carbonyl (C=O) groups excluding carboxylic acids is 1. The van der Waals surface area contributed by atoms with E-state index < -0.39 is 16.5 Å². The Kier molecular flexibility index (Phi) is 5.50. The van der Waals surface area contributed by atoms with E-state index >= 15 is 0 Å². The van der Waals surface area contributed by atoms with Crippen molar-refractivity contribution in [3.8, 4) is 11.1 Å². The van der Waals surface area contributed by atoms with Crippen LogP contribution in [-0.4, -0.2) is 31.5 Å². The molecule has 29 heavy (non-hydrogen) atoms. The van der Waals surface area contributed by atoms with E-state index in [4.69, 9.17) is 5.73 Å². The molecule has 1 aromatic carbocycles. The van der Waals surface area contributed by atoms with Crippen LogP contribution >= 0.6 is 21.9 Å². The van der Waals surface area contributed by atoms with Gasteiger partial charge in [-0.2, -0.15) is 10.6 Å². The summed E-state index contributed by atoms with van der Waals surface area (Å²) in [6.45, 7) is 4.42. The summed E-state index contributed by atoms with van der Waals surface area (Å²) in [7, 11) is -2.42. The molecule has 1 saturated heterocycles. The highest BCUT2D eigenvalue weighted by atomic mass is 32.3. The fraction of sp³-hybridized carbons (Fsp3) is 0.409. The predicted octanol–water partition coefficient (Wildman–Crippen LogP) is 5.82. The summed E-state index contributed by atoms with van der Waals surface area (Å²) in [6.07, 6.45) is 4.48. The molecule has 4 rings (SSSR count). The van der Waals surface area contributed by atoms with Crippen LogP contribution in [-0.2, 0) is 6.42 Å². The van der Waals surface area contributed by atoms with Gasteiger partial charge in [0.25, 0.3) is 5.91 Å². The number of nitrogens with two attached hydrogens (primary N) is 1. The van der Waals surface area contributed by atoms with Gasteiger partial charge in [0.15, 0.2) is 0 Å². The number of fused-ring (bicyclic) bond motifs is 1. The summed E-state index contributed by atoms with van der Waals surface area (Å²) in [5.74, 6) is 1.28. The largest absolute Gasteiger partial charge is 0.366 e. The van der Waals surface area contributed by atoms with Crippen LogP contribution in [0.15, 0.2) is 29.8 Å². The monoisotopic (exact) mass is 432 g/mol. The highest BCUT2D eigenvalue weighted by Gasteiger charge is 2.27. The van der Waals surface area contributed by atoms with Crippen LogP contribution in [0.1, 0.15) is 53.4 Å². The zero-order valence-electron chi connectivity index (χ0n) is 16.8. The van der Waals surface area contributed by atoms with Crippen LogP contribution in [0.3, 0.4) is 0 Å². The second kappa shape index (κ2) is 7.80. The number of thiophene rings is 1. The number of primary amides is 1. The van der Waals surface area contributed by atoms with Crippen LogP contribution in [0.5, 0.6) is 0 Å². The Hall–Kier alpha value is -1.80. The van der Waals surface area contributed by atoms with Gasteiger partial charge < -0.3 is 10.7 Å². The van der Waals surface area contributed by atoms with Gasteiger partial charge >= 0.3 is 0 Å². The molecule has 156 valence electrons. The molecule has 0 bridgehead atoms. The van der Waals surface area contributed by atoms with Crippen molar-refractivity contribution in [3.05, 3.63) is 45.8 Å². The van der Waals surface area contributed by atoms with Crippen molar-refractivity contribution >= 4 is 38.7 Å². The number of amides is 1. The number of aromatic amines is 1. The van der Waals surface area contributed by atoms with Crippen LogP contribution in [0, 0.1) is 5.92 Å². The zero-order chi connectivity index (χ0) is 20.8. The summed E-state index contributed by atoms with van der Waals surface area (Å²) >= 11 is 1.75. The van der Waals surface area contributed by atoms with Gasteiger partial charge in [0, 0.05) is 28.0 Å². The minimum absolute atomic E-state index is 0.249. The van der Waals surface area contributed by atoms with Gasteiger partial charge in [0.1, 0.15) is 0 Å². The maximum Gasteiger partial charge on any atom is 0.250 e. The molecule has 0 saturated carbocycles. The standard InChI is InChI=1S/C22H28N2O3S2/c1-13(2)7-17-8-16(12-28-17)15-9-18-20(14-3-5-29(26,27)6-4-14)11-24-21(18)19(10-15)22(23)25/h8-14,24,26-27H,3-7H2,1-2H3,(H2,23,25). The van der Waals surface area contributed by atoms with Gasteiger partial charge in [-0.25, -0.2) is 0 Å². The Balaban J connectivity index is 1.76. The molecule has 5 N–H and O–H groups in total. The third kappa shape index (κ3) is 4.23. The van der Waals surface area contributed by atoms with Gasteiger partial charge in [-0.15, -0.1) is 11.3 Å². The average molecular weight is 433 g/mol. The van der Waals surface area contributed by atoms with E-state index in [1.54, 1.807) is 11.3 Å². The lowest BCUT2D eigenvalue weighted by Gasteiger charge is -2.39. The molecule has 1 fully saturated rings. The van der Waals surface area contributed by atoms with Gasteiger partial charge in [-0.3, -0.25) is 13.9 Å². The fourth-order valence-electron chi connectivity index (χ4n) is 4.21. The van der Waals surface area contributed by atoms with E-state index in [2.05, 4.69) is 36.3 Å². The van der Waals surface area contributed by atoms with E-state index in [-0.39, 0.29) is 5.92 Å². The second-order valence-electron chi connectivity index (χ2n) is 8.44. The van der Waals surface area contributed by atoms with Gasteiger partial charge in [0.2, 0.25) is 0 Å². The van der Waals surface area contributed by atoms with Crippen LogP contribution in [0.2, 0.25) is 0 Å². The Morgan fingerprint density at radius 1 is 1.24 bits per heavy atom. The van der Waals surface area contributed by atoms with Crippen molar-refractivity contribution in [2.24, 2.45) is 11.7 Å². The molecule has 0 unspecified atom stereocenters. The number of hydrogen-bond acceptors (Lipinski definition) is 4. The minimum atomic E-state index is -2.42. The third-order valence-corrected chi connectivity index (χ3v) is 8.45. The Morgan fingerprint density at radius 3 is 2.62 bits per heavy atom. The van der Waals surface area contributed by atoms with Crippen molar-refractivity contribution in [2.75, 3.05) is 11.5 Å². The number of rotatable bonds is 5. The molecule has 1 aliphatic rings. The number of nitrogens with one attached hydrogen (secondary N) is 1. The van der Waals surface area contributed by atoms with Crippen molar-refractivity contribution in [2.45, 2.75) is 39.0 Å². The zero-order valence-corrected chi connectivity index (χ0v) is 18.4. The van der Waals surface area contributed by atoms with Crippen molar-refractivity contribution in [3.63, 3.8) is 0 Å². The number of benzene rings is 1. The van der Waals surface area contributed by atoms with Crippen molar-refractivity contribution in [1.82, 2.24) is 4.98 Å². The number of hydrogen-bond donors (Lipinski definition) is 4. The smallest absolute Gasteiger partial charge is 0.250 e. The maximum atomic E-state index is 12.2. The summed E-state index contributed by atoms with van der Waals surface area (Å²) in [5, 5.41) is 3.16. The first kappa shape index (κ1) is 20.5. The van der Waals surface area contributed by atoms with Gasteiger partial charge in [0.05, 0.1) is 11.1 Å². The first-order valence-corrected chi connectivity index (χ1v) is 12.8. The highest BCUT2D eigenvalue weighted by molar-refractivity contribution is 8.24. The normalized spacial score (nSPS) is 18.4. The van der Waals surface area contributed by atoms with E-state index in [1.807, 2.05) is 12.3 Å². The molecular weight excluding hydrogens is 404 g/mol. The van der Waals surface area contributed by atoms with E-state index in [1.165, 1.54) is 4.88 Å². The molecule has 2 aromatic heterocycles. The number of carbonyl (C=O) groups is 1. The molecule has 0 aliphatic carbocycles. The Labute approximate surface area is 176 Å². The first-order valence-electron chi connectivity index (χ1n) is 9.99. The van der Waals surface area contributed by atoms with Crippen LogP contribution in [0.4, 0.5) is 0 Å². The van der Waals surface area contributed by atoms with Crippen LogP contribution in [0.25, 0.3) is 22.0 Å². The molecule has 0 radical (unpaired) electrons. The van der Waals surface area contributed by atoms with E-state index in [0.717, 1.165) is 46.9 Å². The SMILES string of the molecule is CC(C)Cc1cc(-c2cc(C(N)=O)c3[nH]cc(C4CCS(O)(O)CC4)c3c2)cs1. The minimum Gasteiger partial charge on any atom is -0.366 e. The molecular formula is C22H28N2O3S2. The lowest BCUT2D eigenvalue weighted by atomic mass is 9.91. The van der Waals surface area contributed by atoms with Gasteiger partial charge in [-0.05, 0) is 71.4 Å².